The minimum absolute atomic E-state index is 0.191. The molecule has 1 saturated carbocycles. The van der Waals surface area contributed by atoms with E-state index in [2.05, 4.69) is 28.2 Å². The van der Waals surface area contributed by atoms with Crippen molar-refractivity contribution in [1.82, 2.24) is 5.32 Å². The average molecular weight is 341 g/mol. The summed E-state index contributed by atoms with van der Waals surface area (Å²) in [5.41, 5.74) is 0.934. The lowest BCUT2D eigenvalue weighted by Crippen LogP contribution is -2.34. The highest BCUT2D eigenvalue weighted by atomic mass is 79.9. The van der Waals surface area contributed by atoms with Crippen LogP contribution in [-0.4, -0.2) is 11.0 Å². The predicted molar refractivity (Wildman–Crippen MR) is 83.7 cm³/mol. The second-order valence-electron chi connectivity index (χ2n) is 5.60. The third kappa shape index (κ3) is 4.03. The predicted octanol–water partition coefficient (Wildman–Crippen LogP) is 4.42. The number of hydrogen-bond donors (Lipinski definition) is 1. The van der Waals surface area contributed by atoms with Gasteiger partial charge >= 0.3 is 0 Å². The Labute approximate surface area is 128 Å². The van der Waals surface area contributed by atoms with Crippen molar-refractivity contribution in [3.05, 3.63) is 38.3 Å². The number of nitro benzene ring substituents is 1. The molecule has 4 nitrogen and oxygen atoms in total. The van der Waals surface area contributed by atoms with Gasteiger partial charge < -0.3 is 5.32 Å². The molecular weight excluding hydrogens is 320 g/mol. The van der Waals surface area contributed by atoms with E-state index in [0.29, 0.717) is 18.5 Å². The molecule has 110 valence electrons. The Kier molecular flexibility index (Phi) is 5.54. The molecule has 1 aromatic carbocycles. The molecule has 1 atom stereocenters. The third-order valence-electron chi connectivity index (χ3n) is 4.21. The highest BCUT2D eigenvalue weighted by molar-refractivity contribution is 9.10. The Bertz CT molecular complexity index is 473. The highest BCUT2D eigenvalue weighted by Crippen LogP contribution is 2.27. The topological polar surface area (TPSA) is 55.2 Å². The van der Waals surface area contributed by atoms with Gasteiger partial charge in [0.25, 0.3) is 5.69 Å². The lowest BCUT2D eigenvalue weighted by atomic mass is 9.84. The zero-order chi connectivity index (χ0) is 14.5. The fraction of sp³-hybridized carbons (Fsp3) is 0.600. The molecule has 1 N–H and O–H groups in total. The van der Waals surface area contributed by atoms with Crippen LogP contribution < -0.4 is 5.32 Å². The summed E-state index contributed by atoms with van der Waals surface area (Å²) in [6.07, 6.45) is 6.52. The first kappa shape index (κ1) is 15.4. The fourth-order valence-electron chi connectivity index (χ4n) is 2.95. The number of halogens is 1. The molecule has 0 heterocycles. The molecule has 0 spiro atoms. The monoisotopic (exact) mass is 340 g/mol. The van der Waals surface area contributed by atoms with E-state index in [1.54, 1.807) is 12.1 Å². The van der Waals surface area contributed by atoms with Gasteiger partial charge in [-0.25, -0.2) is 0 Å². The smallest absolute Gasteiger partial charge is 0.273 e. The second kappa shape index (κ2) is 7.18. The van der Waals surface area contributed by atoms with E-state index in [0.717, 1.165) is 10.0 Å². The molecular formula is C15H21BrN2O2. The molecule has 5 heteroatoms. The van der Waals surface area contributed by atoms with E-state index in [-0.39, 0.29) is 10.6 Å². The van der Waals surface area contributed by atoms with Crippen molar-refractivity contribution in [2.45, 2.75) is 51.6 Å². The van der Waals surface area contributed by atoms with Gasteiger partial charge in [0.15, 0.2) is 0 Å². The van der Waals surface area contributed by atoms with Gasteiger partial charge in [0.2, 0.25) is 0 Å². The quantitative estimate of drug-likeness (QED) is 0.637. The molecule has 0 saturated heterocycles. The molecule has 0 amide bonds. The number of nitro groups is 1. The van der Waals surface area contributed by atoms with Gasteiger partial charge in [-0.15, -0.1) is 0 Å². The third-order valence-corrected chi connectivity index (χ3v) is 4.70. The SMILES string of the molecule is C[C@H](NCc1cc(Br)ccc1[N+](=O)[O-])C1CCCCC1. The molecule has 1 aliphatic rings. The standard InChI is InChI=1S/C15H21BrN2O2/c1-11(12-5-3-2-4-6-12)17-10-13-9-14(16)7-8-15(13)18(19)20/h7-9,11-12,17H,2-6,10H2,1H3/t11-/m0/s1. The van der Waals surface area contributed by atoms with Crippen molar-refractivity contribution >= 4 is 21.6 Å². The van der Waals surface area contributed by atoms with Crippen molar-refractivity contribution in [2.75, 3.05) is 0 Å². The van der Waals surface area contributed by atoms with Gasteiger partial charge in [0, 0.05) is 28.7 Å². The van der Waals surface area contributed by atoms with Crippen LogP contribution in [0.5, 0.6) is 0 Å². The maximum Gasteiger partial charge on any atom is 0.273 e. The summed E-state index contributed by atoms with van der Waals surface area (Å²) in [5, 5.41) is 14.5. The molecule has 0 aromatic heterocycles. The molecule has 0 bridgehead atoms. The van der Waals surface area contributed by atoms with Crippen LogP contribution in [-0.2, 0) is 6.54 Å². The van der Waals surface area contributed by atoms with Crippen molar-refractivity contribution < 1.29 is 4.92 Å². The number of nitrogens with one attached hydrogen (secondary N) is 1. The van der Waals surface area contributed by atoms with Gasteiger partial charge in [-0.3, -0.25) is 10.1 Å². The highest BCUT2D eigenvalue weighted by Gasteiger charge is 2.21. The van der Waals surface area contributed by atoms with E-state index < -0.39 is 0 Å². The molecule has 0 unspecified atom stereocenters. The zero-order valence-electron chi connectivity index (χ0n) is 11.8. The summed E-state index contributed by atoms with van der Waals surface area (Å²) in [7, 11) is 0. The van der Waals surface area contributed by atoms with E-state index in [9.17, 15) is 10.1 Å². The van der Waals surface area contributed by atoms with Crippen molar-refractivity contribution in [1.29, 1.82) is 0 Å². The van der Waals surface area contributed by atoms with Gasteiger partial charge in [0.05, 0.1) is 4.92 Å². The van der Waals surface area contributed by atoms with Crippen LogP contribution >= 0.6 is 15.9 Å². The van der Waals surface area contributed by atoms with Gasteiger partial charge in [0.1, 0.15) is 0 Å². The zero-order valence-corrected chi connectivity index (χ0v) is 13.4. The Balaban J connectivity index is 1.99. The van der Waals surface area contributed by atoms with Crippen LogP contribution in [0, 0.1) is 16.0 Å². The minimum atomic E-state index is -0.311. The molecule has 0 radical (unpaired) electrons. The number of benzene rings is 1. The van der Waals surface area contributed by atoms with Gasteiger partial charge in [-0.2, -0.15) is 0 Å². The van der Waals surface area contributed by atoms with Crippen LogP contribution in [0.1, 0.15) is 44.6 Å². The summed E-state index contributed by atoms with van der Waals surface area (Å²) < 4.78 is 0.880. The first-order valence-electron chi connectivity index (χ1n) is 7.24. The average Bonchev–Trinajstić information content (AvgIpc) is 2.45. The first-order valence-corrected chi connectivity index (χ1v) is 8.03. The lowest BCUT2D eigenvalue weighted by molar-refractivity contribution is -0.385. The summed E-state index contributed by atoms with van der Waals surface area (Å²) in [4.78, 5) is 10.7. The minimum Gasteiger partial charge on any atom is -0.310 e. The van der Waals surface area contributed by atoms with E-state index in [1.165, 1.54) is 32.1 Å². The molecule has 1 fully saturated rings. The maximum atomic E-state index is 11.0. The lowest BCUT2D eigenvalue weighted by Gasteiger charge is -2.28. The number of hydrogen-bond acceptors (Lipinski definition) is 3. The molecule has 1 aliphatic carbocycles. The van der Waals surface area contributed by atoms with Gasteiger partial charge in [-0.1, -0.05) is 35.2 Å². The number of nitrogens with zero attached hydrogens (tertiary/aromatic N) is 1. The number of rotatable bonds is 5. The van der Waals surface area contributed by atoms with Crippen molar-refractivity contribution in [3.8, 4) is 0 Å². The fourth-order valence-corrected chi connectivity index (χ4v) is 3.35. The normalized spacial score (nSPS) is 17.9. The Hall–Kier alpha value is -0.940. The summed E-state index contributed by atoms with van der Waals surface area (Å²) in [5.74, 6) is 0.704. The summed E-state index contributed by atoms with van der Waals surface area (Å²) in [6, 6.07) is 5.52. The molecule has 20 heavy (non-hydrogen) atoms. The summed E-state index contributed by atoms with van der Waals surface area (Å²) in [6.45, 7) is 2.74. The Morgan fingerprint density at radius 1 is 1.40 bits per heavy atom. The van der Waals surface area contributed by atoms with Crippen molar-refractivity contribution in [2.24, 2.45) is 5.92 Å². The van der Waals surface area contributed by atoms with E-state index in [1.807, 2.05) is 6.07 Å². The van der Waals surface area contributed by atoms with Crippen molar-refractivity contribution in [3.63, 3.8) is 0 Å². The largest absolute Gasteiger partial charge is 0.310 e. The van der Waals surface area contributed by atoms with Gasteiger partial charge in [-0.05, 0) is 37.8 Å². The van der Waals surface area contributed by atoms with Crippen LogP contribution in [0.2, 0.25) is 0 Å². The van der Waals surface area contributed by atoms with Crippen LogP contribution in [0.3, 0.4) is 0 Å². The molecule has 1 aromatic rings. The maximum absolute atomic E-state index is 11.0. The van der Waals surface area contributed by atoms with E-state index >= 15 is 0 Å². The molecule has 2 rings (SSSR count). The second-order valence-corrected chi connectivity index (χ2v) is 6.51. The first-order chi connectivity index (χ1) is 9.58. The van der Waals surface area contributed by atoms with Crippen LogP contribution in [0.15, 0.2) is 22.7 Å². The van der Waals surface area contributed by atoms with E-state index in [4.69, 9.17) is 0 Å². The van der Waals surface area contributed by atoms with Crippen LogP contribution in [0.4, 0.5) is 5.69 Å². The van der Waals surface area contributed by atoms with Crippen LogP contribution in [0.25, 0.3) is 0 Å². The summed E-state index contributed by atoms with van der Waals surface area (Å²) >= 11 is 3.38. The Morgan fingerprint density at radius 2 is 2.10 bits per heavy atom. The Morgan fingerprint density at radius 3 is 2.75 bits per heavy atom. The molecule has 0 aliphatic heterocycles.